The van der Waals surface area contributed by atoms with E-state index in [1.54, 1.807) is 7.05 Å². The number of piperidine rings is 1. The molecule has 2 aliphatic rings. The Labute approximate surface area is 123 Å². The minimum absolute atomic E-state index is 0.194. The Morgan fingerprint density at radius 3 is 2.48 bits per heavy atom. The molecule has 0 aromatic carbocycles. The second-order valence-corrected chi connectivity index (χ2v) is 6.35. The molecule has 7 nitrogen and oxygen atoms in total. The van der Waals surface area contributed by atoms with Crippen molar-refractivity contribution in [3.8, 4) is 0 Å². The molecule has 3 heterocycles. The van der Waals surface area contributed by atoms with Gasteiger partial charge in [0.05, 0.1) is 0 Å². The third-order valence-corrected chi connectivity index (χ3v) is 5.13. The van der Waals surface area contributed by atoms with Crippen molar-refractivity contribution in [3.63, 3.8) is 0 Å². The summed E-state index contributed by atoms with van der Waals surface area (Å²) in [7, 11) is 3.76. The zero-order valence-electron chi connectivity index (χ0n) is 12.6. The SMILES string of the molecule is CN1C2CCC1CC(CNc1c(N)n(C)c(=O)[nH]c1=O)C2. The molecule has 0 amide bonds. The van der Waals surface area contributed by atoms with Crippen LogP contribution >= 0.6 is 0 Å². The van der Waals surface area contributed by atoms with Gasteiger partial charge in [0, 0.05) is 25.7 Å². The van der Waals surface area contributed by atoms with Gasteiger partial charge >= 0.3 is 5.69 Å². The Balaban J connectivity index is 1.71. The highest BCUT2D eigenvalue weighted by Gasteiger charge is 2.38. The Morgan fingerprint density at radius 1 is 1.24 bits per heavy atom. The lowest BCUT2D eigenvalue weighted by Crippen LogP contribution is -2.42. The molecule has 4 N–H and O–H groups in total. The molecule has 2 fully saturated rings. The van der Waals surface area contributed by atoms with Crippen molar-refractivity contribution >= 4 is 11.5 Å². The van der Waals surface area contributed by atoms with Gasteiger partial charge in [-0.2, -0.15) is 0 Å². The van der Waals surface area contributed by atoms with Crippen LogP contribution in [0, 0.1) is 5.92 Å². The molecule has 116 valence electrons. The summed E-state index contributed by atoms with van der Waals surface area (Å²) in [5, 5.41) is 3.16. The van der Waals surface area contributed by atoms with E-state index in [1.807, 2.05) is 0 Å². The maximum Gasteiger partial charge on any atom is 0.329 e. The zero-order valence-corrected chi connectivity index (χ0v) is 12.6. The lowest BCUT2D eigenvalue weighted by atomic mass is 9.91. The minimum atomic E-state index is -0.486. The summed E-state index contributed by atoms with van der Waals surface area (Å²) in [6.07, 6.45) is 4.87. The van der Waals surface area contributed by atoms with Crippen LogP contribution in [0.4, 0.5) is 11.5 Å². The third-order valence-electron chi connectivity index (χ3n) is 5.13. The molecule has 3 rings (SSSR count). The summed E-state index contributed by atoms with van der Waals surface area (Å²) in [5.41, 5.74) is 5.25. The molecule has 21 heavy (non-hydrogen) atoms. The molecule has 0 radical (unpaired) electrons. The molecule has 7 heteroatoms. The number of nitrogen functional groups attached to an aromatic ring is 1. The summed E-state index contributed by atoms with van der Waals surface area (Å²) in [6, 6.07) is 1.35. The van der Waals surface area contributed by atoms with Crippen molar-refractivity contribution < 1.29 is 0 Å². The normalized spacial score (nSPS) is 28.8. The van der Waals surface area contributed by atoms with Crippen molar-refractivity contribution in [1.29, 1.82) is 0 Å². The largest absolute Gasteiger partial charge is 0.383 e. The van der Waals surface area contributed by atoms with Crippen molar-refractivity contribution in [3.05, 3.63) is 20.8 Å². The van der Waals surface area contributed by atoms with Crippen molar-refractivity contribution in [2.24, 2.45) is 13.0 Å². The number of nitrogens with one attached hydrogen (secondary N) is 2. The van der Waals surface area contributed by atoms with Crippen LogP contribution in [0.2, 0.25) is 0 Å². The van der Waals surface area contributed by atoms with Gasteiger partial charge in [-0.05, 0) is 38.6 Å². The fourth-order valence-corrected chi connectivity index (χ4v) is 3.74. The molecule has 0 aliphatic carbocycles. The summed E-state index contributed by atoms with van der Waals surface area (Å²) in [4.78, 5) is 28.1. The van der Waals surface area contributed by atoms with Crippen molar-refractivity contribution in [2.45, 2.75) is 37.8 Å². The van der Waals surface area contributed by atoms with E-state index in [-0.39, 0.29) is 5.82 Å². The molecule has 2 unspecified atom stereocenters. The number of aromatic amines is 1. The van der Waals surface area contributed by atoms with Gasteiger partial charge < -0.3 is 16.0 Å². The van der Waals surface area contributed by atoms with Crippen molar-refractivity contribution in [1.82, 2.24) is 14.5 Å². The highest BCUT2D eigenvalue weighted by Crippen LogP contribution is 2.37. The van der Waals surface area contributed by atoms with Crippen LogP contribution in [0.15, 0.2) is 9.59 Å². The van der Waals surface area contributed by atoms with E-state index in [1.165, 1.54) is 17.4 Å². The van der Waals surface area contributed by atoms with Crippen LogP contribution in [-0.2, 0) is 7.05 Å². The molecular formula is C14H23N5O2. The molecule has 2 aliphatic heterocycles. The molecule has 2 saturated heterocycles. The van der Waals surface area contributed by atoms with E-state index >= 15 is 0 Å². The maximum atomic E-state index is 11.9. The topological polar surface area (TPSA) is 96.2 Å². The predicted molar refractivity (Wildman–Crippen MR) is 82.5 cm³/mol. The van der Waals surface area contributed by atoms with Crippen LogP contribution in [0.5, 0.6) is 0 Å². The van der Waals surface area contributed by atoms with Crippen molar-refractivity contribution in [2.75, 3.05) is 24.6 Å². The van der Waals surface area contributed by atoms with E-state index in [2.05, 4.69) is 22.2 Å². The molecule has 1 aromatic heterocycles. The zero-order chi connectivity index (χ0) is 15.1. The molecular weight excluding hydrogens is 270 g/mol. The lowest BCUT2D eigenvalue weighted by Gasteiger charge is -2.36. The number of H-pyrrole nitrogens is 1. The number of nitrogens with two attached hydrogens (primary N) is 1. The standard InChI is InChI=1S/C14H23N5O2/c1-18-9-3-4-10(18)6-8(5-9)7-16-11-12(15)19(2)14(21)17-13(11)20/h8-10,16H,3-7,15H2,1-2H3,(H,17,20,21). The number of aromatic nitrogens is 2. The van der Waals surface area contributed by atoms with Gasteiger partial charge in [-0.25, -0.2) is 4.79 Å². The Morgan fingerprint density at radius 2 is 1.86 bits per heavy atom. The average molecular weight is 293 g/mol. The highest BCUT2D eigenvalue weighted by atomic mass is 16.2. The van der Waals surface area contributed by atoms with E-state index < -0.39 is 11.2 Å². The Kier molecular flexibility index (Phi) is 3.52. The van der Waals surface area contributed by atoms with Crippen LogP contribution in [0.1, 0.15) is 25.7 Å². The van der Waals surface area contributed by atoms with Gasteiger partial charge in [-0.1, -0.05) is 0 Å². The van der Waals surface area contributed by atoms with Gasteiger partial charge in [0.15, 0.2) is 0 Å². The van der Waals surface area contributed by atoms with Gasteiger partial charge in [-0.15, -0.1) is 0 Å². The first kappa shape index (κ1) is 14.2. The number of hydrogen-bond donors (Lipinski definition) is 3. The molecule has 1 aromatic rings. The quantitative estimate of drug-likeness (QED) is 0.725. The Hall–Kier alpha value is -1.76. The fourth-order valence-electron chi connectivity index (χ4n) is 3.74. The number of fused-ring (bicyclic) bond motifs is 2. The van der Waals surface area contributed by atoms with Crippen LogP contribution in [0.25, 0.3) is 0 Å². The Bertz CT molecular complexity index is 636. The monoisotopic (exact) mass is 293 g/mol. The first-order chi connectivity index (χ1) is 9.97. The van der Waals surface area contributed by atoms with Crippen LogP contribution < -0.4 is 22.3 Å². The predicted octanol–water partition coefficient (Wildman–Crippen LogP) is -0.0595. The first-order valence-electron chi connectivity index (χ1n) is 7.52. The smallest absolute Gasteiger partial charge is 0.329 e. The van der Waals surface area contributed by atoms with Gasteiger partial charge in [0.2, 0.25) is 0 Å². The summed E-state index contributed by atoms with van der Waals surface area (Å²) < 4.78 is 1.25. The minimum Gasteiger partial charge on any atom is -0.383 e. The van der Waals surface area contributed by atoms with Gasteiger partial charge in [0.25, 0.3) is 5.56 Å². The molecule has 0 saturated carbocycles. The maximum absolute atomic E-state index is 11.9. The lowest BCUT2D eigenvalue weighted by molar-refractivity contribution is 0.139. The first-order valence-corrected chi connectivity index (χ1v) is 7.52. The number of nitrogens with zero attached hydrogens (tertiary/aromatic N) is 2. The summed E-state index contributed by atoms with van der Waals surface area (Å²) >= 11 is 0. The second-order valence-electron chi connectivity index (χ2n) is 6.35. The molecule has 2 bridgehead atoms. The molecule has 2 atom stereocenters. The number of hydrogen-bond acceptors (Lipinski definition) is 5. The average Bonchev–Trinajstić information content (AvgIpc) is 2.66. The van der Waals surface area contributed by atoms with E-state index in [0.29, 0.717) is 23.7 Å². The highest BCUT2D eigenvalue weighted by molar-refractivity contribution is 5.60. The molecule has 0 spiro atoms. The number of rotatable bonds is 3. The van der Waals surface area contributed by atoms with E-state index in [9.17, 15) is 9.59 Å². The van der Waals surface area contributed by atoms with E-state index in [0.717, 1.165) is 19.4 Å². The second kappa shape index (κ2) is 5.22. The summed E-state index contributed by atoms with van der Waals surface area (Å²) in [5.74, 6) is 0.745. The summed E-state index contributed by atoms with van der Waals surface area (Å²) in [6.45, 7) is 0.728. The van der Waals surface area contributed by atoms with Crippen LogP contribution in [-0.4, -0.2) is 40.1 Å². The van der Waals surface area contributed by atoms with Gasteiger partial charge in [-0.3, -0.25) is 14.3 Å². The fraction of sp³-hybridized carbons (Fsp3) is 0.714. The number of anilines is 2. The van der Waals surface area contributed by atoms with Crippen LogP contribution in [0.3, 0.4) is 0 Å². The third kappa shape index (κ3) is 2.46. The van der Waals surface area contributed by atoms with E-state index in [4.69, 9.17) is 5.73 Å². The van der Waals surface area contributed by atoms with Gasteiger partial charge in [0.1, 0.15) is 11.5 Å².